The molecular formula is C15H21N5. The Kier molecular flexibility index (Phi) is 4.87. The van der Waals surface area contributed by atoms with E-state index in [4.69, 9.17) is 0 Å². The van der Waals surface area contributed by atoms with Crippen LogP contribution in [0.2, 0.25) is 0 Å². The molecule has 2 aromatic rings. The summed E-state index contributed by atoms with van der Waals surface area (Å²) in [6.07, 6.45) is 4.42. The van der Waals surface area contributed by atoms with Gasteiger partial charge in [0.05, 0.1) is 6.04 Å². The maximum atomic E-state index is 4.52. The number of hydrogen-bond acceptors (Lipinski definition) is 5. The number of hydrogen-bond donors (Lipinski definition) is 2. The average molecular weight is 271 g/mol. The van der Waals surface area contributed by atoms with E-state index in [1.807, 2.05) is 18.2 Å². The summed E-state index contributed by atoms with van der Waals surface area (Å²) in [6.45, 7) is 7.07. The van der Waals surface area contributed by atoms with Gasteiger partial charge in [0, 0.05) is 31.4 Å². The number of pyridine rings is 1. The molecule has 0 amide bonds. The van der Waals surface area contributed by atoms with Gasteiger partial charge in [0.1, 0.15) is 17.5 Å². The van der Waals surface area contributed by atoms with Crippen molar-refractivity contribution < 1.29 is 0 Å². The Morgan fingerprint density at radius 1 is 1.10 bits per heavy atom. The summed E-state index contributed by atoms with van der Waals surface area (Å²) < 4.78 is 0. The molecule has 2 heterocycles. The van der Waals surface area contributed by atoms with E-state index in [1.165, 1.54) is 5.56 Å². The van der Waals surface area contributed by atoms with Crippen LogP contribution in [0.15, 0.2) is 30.6 Å². The lowest BCUT2D eigenvalue weighted by Crippen LogP contribution is -2.11. The van der Waals surface area contributed by atoms with Crippen molar-refractivity contribution >= 4 is 11.6 Å². The van der Waals surface area contributed by atoms with Gasteiger partial charge in [0.2, 0.25) is 0 Å². The van der Waals surface area contributed by atoms with Crippen LogP contribution in [0.1, 0.15) is 38.2 Å². The Balaban J connectivity index is 2.17. The van der Waals surface area contributed by atoms with Crippen LogP contribution in [-0.4, -0.2) is 21.5 Å². The van der Waals surface area contributed by atoms with Crippen molar-refractivity contribution in [3.63, 3.8) is 0 Å². The summed E-state index contributed by atoms with van der Waals surface area (Å²) in [5, 5.41) is 6.65. The number of nitrogens with zero attached hydrogens (tertiary/aromatic N) is 3. The van der Waals surface area contributed by atoms with Crippen LogP contribution in [0.4, 0.5) is 11.6 Å². The van der Waals surface area contributed by atoms with Gasteiger partial charge in [0.25, 0.3) is 0 Å². The molecule has 0 aliphatic rings. The number of nitrogens with one attached hydrogen (secondary N) is 2. The van der Waals surface area contributed by atoms with E-state index in [0.717, 1.165) is 30.4 Å². The fraction of sp³-hybridized carbons (Fsp3) is 0.400. The van der Waals surface area contributed by atoms with E-state index in [1.54, 1.807) is 12.4 Å². The van der Waals surface area contributed by atoms with Crippen molar-refractivity contribution in [2.24, 2.45) is 0 Å². The molecule has 0 bridgehead atoms. The van der Waals surface area contributed by atoms with Crippen LogP contribution in [0, 0.1) is 0 Å². The fourth-order valence-corrected chi connectivity index (χ4v) is 1.96. The molecule has 5 nitrogen and oxygen atoms in total. The molecule has 0 saturated heterocycles. The predicted molar refractivity (Wildman–Crippen MR) is 81.8 cm³/mol. The van der Waals surface area contributed by atoms with Crippen LogP contribution >= 0.6 is 0 Å². The zero-order valence-electron chi connectivity index (χ0n) is 12.2. The average Bonchev–Trinajstić information content (AvgIpc) is 2.48. The Hall–Kier alpha value is -2.17. The van der Waals surface area contributed by atoms with Gasteiger partial charge >= 0.3 is 0 Å². The van der Waals surface area contributed by atoms with E-state index in [9.17, 15) is 0 Å². The Morgan fingerprint density at radius 3 is 2.45 bits per heavy atom. The summed E-state index contributed by atoms with van der Waals surface area (Å²) in [5.41, 5.74) is 1.18. The highest BCUT2D eigenvalue weighted by Crippen LogP contribution is 2.19. The first kappa shape index (κ1) is 14.2. The second-order valence-electron chi connectivity index (χ2n) is 4.59. The molecule has 0 spiro atoms. The maximum absolute atomic E-state index is 4.52. The summed E-state index contributed by atoms with van der Waals surface area (Å²) in [5.74, 6) is 2.55. The first-order chi connectivity index (χ1) is 9.72. The van der Waals surface area contributed by atoms with Crippen LogP contribution < -0.4 is 10.6 Å². The third-order valence-corrected chi connectivity index (χ3v) is 3.02. The molecule has 5 heteroatoms. The smallest absolute Gasteiger partial charge is 0.132 e. The molecule has 0 saturated carbocycles. The number of aromatic nitrogens is 3. The second kappa shape index (κ2) is 6.84. The standard InChI is InChI=1S/C15H21N5/c1-4-13-19-14(17-5-2)10-15(20-13)18-11(3)12-6-8-16-9-7-12/h6-11H,4-5H2,1-3H3,(H2,17,18,19,20). The molecule has 1 atom stereocenters. The Labute approximate surface area is 119 Å². The van der Waals surface area contributed by atoms with Gasteiger partial charge in [-0.2, -0.15) is 0 Å². The minimum atomic E-state index is 0.173. The Morgan fingerprint density at radius 2 is 1.80 bits per heavy atom. The summed E-state index contributed by atoms with van der Waals surface area (Å²) in [4.78, 5) is 13.0. The first-order valence-electron chi connectivity index (χ1n) is 7.01. The highest BCUT2D eigenvalue weighted by molar-refractivity contribution is 5.48. The van der Waals surface area contributed by atoms with Crippen molar-refractivity contribution in [2.75, 3.05) is 17.2 Å². The first-order valence-corrected chi connectivity index (χ1v) is 7.01. The summed E-state index contributed by atoms with van der Waals surface area (Å²) in [6, 6.07) is 6.13. The lowest BCUT2D eigenvalue weighted by atomic mass is 10.1. The van der Waals surface area contributed by atoms with Gasteiger partial charge < -0.3 is 10.6 Å². The van der Waals surface area contributed by atoms with Gasteiger partial charge in [0.15, 0.2) is 0 Å². The van der Waals surface area contributed by atoms with Crippen LogP contribution in [-0.2, 0) is 6.42 Å². The molecule has 1 unspecified atom stereocenters. The Bertz CT molecular complexity index is 541. The van der Waals surface area contributed by atoms with Crippen LogP contribution in [0.5, 0.6) is 0 Å². The van der Waals surface area contributed by atoms with Crippen molar-refractivity contribution in [1.82, 2.24) is 15.0 Å². The van der Waals surface area contributed by atoms with E-state index in [-0.39, 0.29) is 6.04 Å². The summed E-state index contributed by atoms with van der Waals surface area (Å²) >= 11 is 0. The topological polar surface area (TPSA) is 62.7 Å². The van der Waals surface area contributed by atoms with E-state index >= 15 is 0 Å². The zero-order valence-corrected chi connectivity index (χ0v) is 12.2. The molecule has 0 aromatic carbocycles. The zero-order chi connectivity index (χ0) is 14.4. The molecule has 0 aliphatic carbocycles. The minimum absolute atomic E-state index is 0.173. The number of anilines is 2. The van der Waals surface area contributed by atoms with Crippen LogP contribution in [0.3, 0.4) is 0 Å². The SMILES string of the molecule is CCNc1cc(NC(C)c2ccncc2)nc(CC)n1. The quantitative estimate of drug-likeness (QED) is 0.845. The third-order valence-electron chi connectivity index (χ3n) is 3.02. The maximum Gasteiger partial charge on any atom is 0.132 e. The van der Waals surface area contributed by atoms with Crippen molar-refractivity contribution in [3.8, 4) is 0 Å². The number of rotatable bonds is 6. The van der Waals surface area contributed by atoms with Crippen LogP contribution in [0.25, 0.3) is 0 Å². The van der Waals surface area contributed by atoms with Gasteiger partial charge in [-0.15, -0.1) is 0 Å². The summed E-state index contributed by atoms with van der Waals surface area (Å²) in [7, 11) is 0. The van der Waals surface area contributed by atoms with E-state index < -0.39 is 0 Å². The van der Waals surface area contributed by atoms with E-state index in [2.05, 4.69) is 46.4 Å². The van der Waals surface area contributed by atoms with Gasteiger partial charge in [-0.25, -0.2) is 9.97 Å². The predicted octanol–water partition coefficient (Wildman–Crippen LogP) is 3.04. The van der Waals surface area contributed by atoms with Gasteiger partial charge in [-0.3, -0.25) is 4.98 Å². The van der Waals surface area contributed by atoms with Crippen molar-refractivity contribution in [2.45, 2.75) is 33.2 Å². The van der Waals surface area contributed by atoms with Gasteiger partial charge in [-0.1, -0.05) is 6.92 Å². The lowest BCUT2D eigenvalue weighted by Gasteiger charge is -2.16. The normalized spacial score (nSPS) is 11.9. The molecule has 2 N–H and O–H groups in total. The molecule has 0 aliphatic heterocycles. The van der Waals surface area contributed by atoms with Gasteiger partial charge in [-0.05, 0) is 31.5 Å². The molecule has 106 valence electrons. The van der Waals surface area contributed by atoms with Crippen molar-refractivity contribution in [3.05, 3.63) is 42.0 Å². The third kappa shape index (κ3) is 3.66. The molecule has 0 radical (unpaired) electrons. The minimum Gasteiger partial charge on any atom is -0.370 e. The van der Waals surface area contributed by atoms with E-state index in [0.29, 0.717) is 0 Å². The molecule has 2 aromatic heterocycles. The monoisotopic (exact) mass is 271 g/mol. The molecular weight excluding hydrogens is 250 g/mol. The highest BCUT2D eigenvalue weighted by atomic mass is 15.1. The largest absolute Gasteiger partial charge is 0.370 e. The molecule has 0 fully saturated rings. The molecule has 2 rings (SSSR count). The molecule has 20 heavy (non-hydrogen) atoms. The second-order valence-corrected chi connectivity index (χ2v) is 4.59. The number of aryl methyl sites for hydroxylation is 1. The highest BCUT2D eigenvalue weighted by Gasteiger charge is 2.08. The lowest BCUT2D eigenvalue weighted by molar-refractivity contribution is 0.854. The van der Waals surface area contributed by atoms with Crippen molar-refractivity contribution in [1.29, 1.82) is 0 Å². The fourth-order valence-electron chi connectivity index (χ4n) is 1.96.